The largest absolute Gasteiger partial charge is 0.491 e. The van der Waals surface area contributed by atoms with E-state index >= 15 is 0 Å². The van der Waals surface area contributed by atoms with Gasteiger partial charge in [-0.15, -0.1) is 0 Å². The first-order valence-electron chi connectivity index (χ1n) is 7.43. The van der Waals surface area contributed by atoms with Gasteiger partial charge in [0.05, 0.1) is 0 Å². The van der Waals surface area contributed by atoms with Gasteiger partial charge in [-0.05, 0) is 55.4 Å². The van der Waals surface area contributed by atoms with Crippen molar-refractivity contribution in [2.24, 2.45) is 5.41 Å². The van der Waals surface area contributed by atoms with E-state index in [4.69, 9.17) is 21.4 Å². The van der Waals surface area contributed by atoms with E-state index < -0.39 is 6.10 Å². The lowest BCUT2D eigenvalue weighted by Gasteiger charge is -2.17. The average molecular weight is 314 g/mol. The number of benzene rings is 1. The van der Waals surface area contributed by atoms with Crippen molar-refractivity contribution >= 4 is 11.6 Å². The van der Waals surface area contributed by atoms with Crippen LogP contribution in [0.15, 0.2) is 18.2 Å². The molecule has 1 atom stereocenters. The Morgan fingerprint density at radius 1 is 1.43 bits per heavy atom. The first-order valence-corrected chi connectivity index (χ1v) is 7.81. The van der Waals surface area contributed by atoms with Gasteiger partial charge in [-0.3, -0.25) is 0 Å². The molecule has 2 rings (SSSR count). The zero-order valence-corrected chi connectivity index (χ0v) is 13.2. The summed E-state index contributed by atoms with van der Waals surface area (Å²) in [5.41, 5.74) is 1.23. The summed E-state index contributed by atoms with van der Waals surface area (Å²) in [6.45, 7) is 3.76. The molecule has 21 heavy (non-hydrogen) atoms. The van der Waals surface area contributed by atoms with Crippen LogP contribution in [-0.4, -0.2) is 42.6 Å². The SMILES string of the molecule is Cc1cc(OCC(O)CNCC2(CCO)CC2)ccc1Cl. The van der Waals surface area contributed by atoms with Crippen LogP contribution in [0.1, 0.15) is 24.8 Å². The fraction of sp³-hybridized carbons (Fsp3) is 0.625. The zero-order chi connectivity index (χ0) is 15.3. The second-order valence-electron chi connectivity index (χ2n) is 5.98. The Hall–Kier alpha value is -0.810. The van der Waals surface area contributed by atoms with Crippen molar-refractivity contribution < 1.29 is 14.9 Å². The molecule has 3 N–H and O–H groups in total. The van der Waals surface area contributed by atoms with Crippen LogP contribution in [0.4, 0.5) is 0 Å². The Morgan fingerprint density at radius 3 is 2.81 bits per heavy atom. The summed E-state index contributed by atoms with van der Waals surface area (Å²) >= 11 is 5.95. The number of halogens is 1. The summed E-state index contributed by atoms with van der Waals surface area (Å²) in [5, 5.41) is 22.9. The molecule has 0 radical (unpaired) electrons. The Balaban J connectivity index is 1.65. The van der Waals surface area contributed by atoms with Crippen LogP contribution in [-0.2, 0) is 0 Å². The Morgan fingerprint density at radius 2 is 2.19 bits per heavy atom. The molecular weight excluding hydrogens is 290 g/mol. The lowest BCUT2D eigenvalue weighted by atomic mass is 10.0. The van der Waals surface area contributed by atoms with Crippen LogP contribution in [0, 0.1) is 12.3 Å². The van der Waals surface area contributed by atoms with Crippen LogP contribution in [0.5, 0.6) is 5.75 Å². The number of nitrogens with one attached hydrogen (secondary N) is 1. The van der Waals surface area contributed by atoms with Gasteiger partial charge in [0.15, 0.2) is 0 Å². The molecule has 0 heterocycles. The van der Waals surface area contributed by atoms with Gasteiger partial charge < -0.3 is 20.3 Å². The van der Waals surface area contributed by atoms with Gasteiger partial charge in [-0.25, -0.2) is 0 Å². The van der Waals surface area contributed by atoms with E-state index in [1.165, 1.54) is 0 Å². The third-order valence-electron chi connectivity index (χ3n) is 4.05. The first kappa shape index (κ1) is 16.6. The molecule has 1 unspecified atom stereocenters. The predicted octanol–water partition coefficient (Wildman–Crippen LogP) is 2.14. The molecule has 4 nitrogen and oxygen atoms in total. The predicted molar refractivity (Wildman–Crippen MR) is 83.9 cm³/mol. The van der Waals surface area contributed by atoms with E-state index in [2.05, 4.69) is 5.32 Å². The molecule has 1 aromatic rings. The Bertz CT molecular complexity index is 463. The maximum atomic E-state index is 9.92. The van der Waals surface area contributed by atoms with Gasteiger partial charge in [0, 0.05) is 24.7 Å². The number of hydrogen-bond donors (Lipinski definition) is 3. The van der Waals surface area contributed by atoms with Gasteiger partial charge in [0.1, 0.15) is 18.5 Å². The van der Waals surface area contributed by atoms with Crippen molar-refractivity contribution in [2.75, 3.05) is 26.3 Å². The number of rotatable bonds is 9. The fourth-order valence-electron chi connectivity index (χ4n) is 2.39. The summed E-state index contributed by atoms with van der Waals surface area (Å²) in [4.78, 5) is 0. The van der Waals surface area contributed by atoms with Crippen LogP contribution in [0.25, 0.3) is 0 Å². The highest BCUT2D eigenvalue weighted by Gasteiger charge is 2.41. The molecule has 118 valence electrons. The van der Waals surface area contributed by atoms with Gasteiger partial charge in [0.25, 0.3) is 0 Å². The quantitative estimate of drug-likeness (QED) is 0.653. The standard InChI is InChI=1S/C16H24ClNO3/c1-12-8-14(2-3-15(12)17)21-10-13(20)9-18-11-16(4-5-16)6-7-19/h2-3,8,13,18-20H,4-7,9-11H2,1H3. The minimum Gasteiger partial charge on any atom is -0.491 e. The van der Waals surface area contributed by atoms with Crippen molar-refractivity contribution in [1.29, 1.82) is 0 Å². The summed E-state index contributed by atoms with van der Waals surface area (Å²) < 4.78 is 5.56. The molecule has 1 aliphatic rings. The number of aryl methyl sites for hydroxylation is 1. The Labute approximate surface area is 131 Å². The molecule has 0 aromatic heterocycles. The molecular formula is C16H24ClNO3. The van der Waals surface area contributed by atoms with Gasteiger partial charge in [-0.2, -0.15) is 0 Å². The minimum absolute atomic E-state index is 0.239. The van der Waals surface area contributed by atoms with Crippen molar-refractivity contribution in [3.05, 3.63) is 28.8 Å². The van der Waals surface area contributed by atoms with Crippen LogP contribution in [0.2, 0.25) is 5.02 Å². The lowest BCUT2D eigenvalue weighted by molar-refractivity contribution is 0.104. The molecule has 0 bridgehead atoms. The second-order valence-corrected chi connectivity index (χ2v) is 6.39. The minimum atomic E-state index is -0.550. The van der Waals surface area contributed by atoms with Crippen LogP contribution >= 0.6 is 11.6 Å². The van der Waals surface area contributed by atoms with Gasteiger partial charge in [-0.1, -0.05) is 11.6 Å². The molecule has 0 spiro atoms. The van der Waals surface area contributed by atoms with Crippen molar-refractivity contribution in [3.8, 4) is 5.75 Å². The Kier molecular flexibility index (Phi) is 5.88. The zero-order valence-electron chi connectivity index (χ0n) is 12.4. The van der Waals surface area contributed by atoms with Gasteiger partial charge in [0.2, 0.25) is 0 Å². The van der Waals surface area contributed by atoms with E-state index in [-0.39, 0.29) is 18.6 Å². The third-order valence-corrected chi connectivity index (χ3v) is 4.48. The number of aliphatic hydroxyl groups is 2. The van der Waals surface area contributed by atoms with Crippen LogP contribution < -0.4 is 10.1 Å². The summed E-state index contributed by atoms with van der Waals surface area (Å²) in [5.74, 6) is 0.717. The maximum Gasteiger partial charge on any atom is 0.119 e. The number of hydrogen-bond acceptors (Lipinski definition) is 4. The van der Waals surface area contributed by atoms with Crippen molar-refractivity contribution in [3.63, 3.8) is 0 Å². The highest BCUT2D eigenvalue weighted by atomic mass is 35.5. The normalized spacial score (nSPS) is 17.5. The monoisotopic (exact) mass is 313 g/mol. The van der Waals surface area contributed by atoms with E-state index in [1.54, 1.807) is 12.1 Å². The summed E-state index contributed by atoms with van der Waals surface area (Å²) in [6.07, 6.45) is 2.62. The van der Waals surface area contributed by atoms with E-state index in [0.717, 1.165) is 37.1 Å². The average Bonchev–Trinajstić information content (AvgIpc) is 3.20. The highest BCUT2D eigenvalue weighted by molar-refractivity contribution is 6.31. The number of ether oxygens (including phenoxy) is 1. The molecule has 1 aliphatic carbocycles. The van der Waals surface area contributed by atoms with Crippen LogP contribution in [0.3, 0.4) is 0 Å². The lowest BCUT2D eigenvalue weighted by Crippen LogP contribution is -2.35. The van der Waals surface area contributed by atoms with E-state index in [9.17, 15) is 5.11 Å². The van der Waals surface area contributed by atoms with Gasteiger partial charge >= 0.3 is 0 Å². The highest BCUT2D eigenvalue weighted by Crippen LogP contribution is 2.47. The molecule has 1 aromatic carbocycles. The van der Waals surface area contributed by atoms with Crippen molar-refractivity contribution in [1.82, 2.24) is 5.32 Å². The molecule has 5 heteroatoms. The molecule has 1 fully saturated rings. The summed E-state index contributed by atoms with van der Waals surface area (Å²) in [6, 6.07) is 5.46. The molecule has 0 aliphatic heterocycles. The van der Waals surface area contributed by atoms with E-state index in [0.29, 0.717) is 11.6 Å². The molecule has 0 saturated heterocycles. The first-order chi connectivity index (χ1) is 10.0. The molecule has 0 amide bonds. The topological polar surface area (TPSA) is 61.7 Å². The van der Waals surface area contributed by atoms with Crippen molar-refractivity contribution in [2.45, 2.75) is 32.3 Å². The smallest absolute Gasteiger partial charge is 0.119 e. The van der Waals surface area contributed by atoms with E-state index in [1.807, 2.05) is 13.0 Å². The summed E-state index contributed by atoms with van der Waals surface area (Å²) in [7, 11) is 0. The molecule has 1 saturated carbocycles. The second kappa shape index (κ2) is 7.45. The maximum absolute atomic E-state index is 9.92. The number of aliphatic hydroxyl groups excluding tert-OH is 2. The third kappa shape index (κ3) is 5.15. The fourth-order valence-corrected chi connectivity index (χ4v) is 2.51.